The molecule has 16 nitrogen and oxygen atoms in total. The van der Waals surface area contributed by atoms with Gasteiger partial charge < -0.3 is 36.0 Å². The Morgan fingerprint density at radius 1 is 1.27 bits per heavy atom. The quantitative estimate of drug-likeness (QED) is 0.202. The van der Waals surface area contributed by atoms with Gasteiger partial charge in [-0.25, -0.2) is 19.5 Å². The molecule has 2 aromatic rings. The Bertz CT molecular complexity index is 1070. The maximum Gasteiger partial charge on any atom is 0.529 e. The lowest BCUT2D eigenvalue weighted by molar-refractivity contribution is -0.140. The Morgan fingerprint density at radius 3 is 2.70 bits per heavy atom. The summed E-state index contributed by atoms with van der Waals surface area (Å²) in [5, 5.41) is 29.3. The first-order chi connectivity index (χ1) is 15.5. The second-order valence-corrected chi connectivity index (χ2v) is 8.57. The van der Waals surface area contributed by atoms with Gasteiger partial charge in [0, 0.05) is 6.42 Å². The van der Waals surface area contributed by atoms with Crippen LogP contribution in [0.3, 0.4) is 0 Å². The number of hydrogen-bond acceptors (Lipinski definition) is 13. The highest BCUT2D eigenvalue weighted by atomic mass is 31.2. The SMILES string of the molecule is Nc1ncnc2c1ncn2C1OC(COP(=O)(O)OC(=O)CCCC(N)C(=O)O)C(O)C1O. The van der Waals surface area contributed by atoms with Crippen molar-refractivity contribution in [2.75, 3.05) is 12.3 Å². The van der Waals surface area contributed by atoms with E-state index in [1.165, 1.54) is 17.2 Å². The van der Waals surface area contributed by atoms with Crippen LogP contribution in [-0.4, -0.2) is 82.6 Å². The van der Waals surface area contributed by atoms with E-state index >= 15 is 0 Å². The van der Waals surface area contributed by atoms with E-state index in [-0.39, 0.29) is 36.2 Å². The highest BCUT2D eigenvalue weighted by Gasteiger charge is 2.45. The molecule has 0 aliphatic carbocycles. The number of nitrogens with zero attached hydrogens (tertiary/aromatic N) is 4. The summed E-state index contributed by atoms with van der Waals surface area (Å²) in [5.41, 5.74) is 11.5. The van der Waals surface area contributed by atoms with Crippen molar-refractivity contribution < 1.29 is 48.2 Å². The topological polar surface area (TPSA) is 255 Å². The molecule has 0 aromatic carbocycles. The average Bonchev–Trinajstić information content (AvgIpc) is 3.28. The first-order valence-corrected chi connectivity index (χ1v) is 11.1. The number of phosphoric acid groups is 1. The summed E-state index contributed by atoms with van der Waals surface area (Å²) in [6.07, 6.45) is -3.39. The third-order valence-electron chi connectivity index (χ3n) is 4.83. The van der Waals surface area contributed by atoms with E-state index in [0.717, 1.165) is 0 Å². The second-order valence-electron chi connectivity index (χ2n) is 7.19. The van der Waals surface area contributed by atoms with Gasteiger partial charge in [0.2, 0.25) is 0 Å². The van der Waals surface area contributed by atoms with Crippen molar-refractivity contribution in [1.82, 2.24) is 19.5 Å². The Balaban J connectivity index is 1.55. The fraction of sp³-hybridized carbons (Fsp3) is 0.562. The number of nitrogen functional groups attached to an aromatic ring is 1. The van der Waals surface area contributed by atoms with Crippen LogP contribution in [-0.2, 0) is 27.9 Å². The van der Waals surface area contributed by atoms with Gasteiger partial charge in [0.25, 0.3) is 0 Å². The third-order valence-corrected chi connectivity index (χ3v) is 5.74. The van der Waals surface area contributed by atoms with Gasteiger partial charge in [-0.3, -0.25) is 23.6 Å². The zero-order chi connectivity index (χ0) is 24.3. The molecule has 6 atom stereocenters. The number of hydrogen-bond donors (Lipinski definition) is 6. The van der Waals surface area contributed by atoms with Crippen molar-refractivity contribution in [1.29, 1.82) is 0 Å². The number of anilines is 1. The summed E-state index contributed by atoms with van der Waals surface area (Å²) >= 11 is 0. The molecule has 1 aliphatic heterocycles. The van der Waals surface area contributed by atoms with Gasteiger partial charge in [-0.05, 0) is 12.8 Å². The average molecular weight is 490 g/mol. The minimum Gasteiger partial charge on any atom is -0.480 e. The lowest BCUT2D eigenvalue weighted by Gasteiger charge is -2.17. The monoisotopic (exact) mass is 490 g/mol. The number of phosphoric ester groups is 1. The molecule has 6 unspecified atom stereocenters. The predicted octanol–water partition coefficient (Wildman–Crippen LogP) is -1.73. The molecule has 1 fully saturated rings. The number of carbonyl (C=O) groups excluding carboxylic acids is 1. The number of carboxylic acid groups (broad SMARTS) is 1. The molecule has 0 saturated carbocycles. The molecule has 1 saturated heterocycles. The number of ether oxygens (including phenoxy) is 1. The molecule has 33 heavy (non-hydrogen) atoms. The normalized spacial score (nSPS) is 25.6. The summed E-state index contributed by atoms with van der Waals surface area (Å²) < 4.78 is 28.0. The predicted molar refractivity (Wildman–Crippen MR) is 107 cm³/mol. The van der Waals surface area contributed by atoms with Gasteiger partial charge in [-0.1, -0.05) is 0 Å². The van der Waals surface area contributed by atoms with Crippen molar-refractivity contribution in [3.05, 3.63) is 12.7 Å². The number of imidazole rings is 1. The van der Waals surface area contributed by atoms with Crippen LogP contribution in [0.15, 0.2) is 12.7 Å². The first-order valence-electron chi connectivity index (χ1n) is 9.63. The summed E-state index contributed by atoms with van der Waals surface area (Å²) in [6.45, 7) is -0.705. The fourth-order valence-electron chi connectivity index (χ4n) is 3.11. The minimum atomic E-state index is -4.88. The molecule has 0 radical (unpaired) electrons. The van der Waals surface area contributed by atoms with Crippen molar-refractivity contribution in [2.45, 2.75) is 49.8 Å². The Kier molecular flexibility index (Phi) is 7.58. The van der Waals surface area contributed by atoms with E-state index in [0.29, 0.717) is 0 Å². The maximum absolute atomic E-state index is 12.0. The van der Waals surface area contributed by atoms with Crippen LogP contribution >= 0.6 is 7.82 Å². The number of rotatable bonds is 10. The number of aromatic nitrogens is 4. The Morgan fingerprint density at radius 2 is 2.00 bits per heavy atom. The van der Waals surface area contributed by atoms with Gasteiger partial charge in [0.05, 0.1) is 12.9 Å². The molecule has 8 N–H and O–H groups in total. The number of aliphatic hydroxyl groups excluding tert-OH is 2. The van der Waals surface area contributed by atoms with Crippen LogP contribution in [0.5, 0.6) is 0 Å². The largest absolute Gasteiger partial charge is 0.529 e. The molecule has 0 amide bonds. The molecule has 1 aliphatic rings. The number of aliphatic hydroxyl groups is 2. The van der Waals surface area contributed by atoms with Gasteiger partial charge >= 0.3 is 19.8 Å². The van der Waals surface area contributed by atoms with Crippen LogP contribution in [0.2, 0.25) is 0 Å². The van der Waals surface area contributed by atoms with Gasteiger partial charge in [-0.2, -0.15) is 0 Å². The van der Waals surface area contributed by atoms with E-state index in [4.69, 9.17) is 25.8 Å². The standard InChI is InChI=1S/C16H23N6O10P/c17-7(16(26)27)2-1-3-9(23)32-33(28,29)30-4-8-11(24)12(25)15(31-8)22-6-21-10-13(18)19-5-20-14(10)22/h5-8,11-12,15,24-25H,1-4,17H2,(H,26,27)(H,28,29)(H2,18,19,20). The van der Waals surface area contributed by atoms with E-state index in [2.05, 4.69) is 19.5 Å². The number of fused-ring (bicyclic) bond motifs is 1. The zero-order valence-corrected chi connectivity index (χ0v) is 17.9. The molecule has 17 heteroatoms. The molecule has 0 bridgehead atoms. The van der Waals surface area contributed by atoms with Gasteiger partial charge in [0.15, 0.2) is 17.7 Å². The molecular weight excluding hydrogens is 467 g/mol. The molecule has 3 heterocycles. The summed E-state index contributed by atoms with van der Waals surface area (Å²) in [4.78, 5) is 43.9. The van der Waals surface area contributed by atoms with Crippen LogP contribution in [0.1, 0.15) is 25.5 Å². The van der Waals surface area contributed by atoms with E-state index in [1.54, 1.807) is 0 Å². The third kappa shape index (κ3) is 5.80. The second kappa shape index (κ2) is 10.0. The summed E-state index contributed by atoms with van der Waals surface area (Å²) in [7, 11) is -4.88. The zero-order valence-electron chi connectivity index (χ0n) is 17.0. The van der Waals surface area contributed by atoms with Crippen molar-refractivity contribution in [2.24, 2.45) is 5.73 Å². The van der Waals surface area contributed by atoms with Gasteiger partial charge in [0.1, 0.15) is 36.2 Å². The molecule has 3 rings (SSSR count). The Hall–Kier alpha value is -2.72. The maximum atomic E-state index is 12.0. The molecule has 2 aromatic heterocycles. The smallest absolute Gasteiger partial charge is 0.480 e. The highest BCUT2D eigenvalue weighted by Crippen LogP contribution is 2.45. The lowest BCUT2D eigenvalue weighted by Crippen LogP contribution is -2.33. The number of nitrogens with two attached hydrogens (primary N) is 2. The highest BCUT2D eigenvalue weighted by molar-refractivity contribution is 7.48. The molecule has 182 valence electrons. The molecular formula is C16H23N6O10P. The van der Waals surface area contributed by atoms with Crippen molar-refractivity contribution >= 4 is 36.7 Å². The van der Waals surface area contributed by atoms with Gasteiger partial charge in [-0.15, -0.1) is 0 Å². The van der Waals surface area contributed by atoms with Crippen molar-refractivity contribution in [3.63, 3.8) is 0 Å². The first kappa shape index (κ1) is 24.9. The van der Waals surface area contributed by atoms with Crippen LogP contribution in [0.25, 0.3) is 11.2 Å². The van der Waals surface area contributed by atoms with Crippen molar-refractivity contribution in [3.8, 4) is 0 Å². The van der Waals surface area contributed by atoms with E-state index < -0.39 is 56.9 Å². The Labute approximate surface area is 185 Å². The van der Waals surface area contributed by atoms with Crippen LogP contribution in [0.4, 0.5) is 5.82 Å². The number of aliphatic carboxylic acids is 1. The van der Waals surface area contributed by atoms with Crippen LogP contribution < -0.4 is 11.5 Å². The summed E-state index contributed by atoms with van der Waals surface area (Å²) in [5.74, 6) is -2.25. The number of carbonyl (C=O) groups is 2. The lowest BCUT2D eigenvalue weighted by atomic mass is 10.1. The van der Waals surface area contributed by atoms with Crippen LogP contribution in [0, 0.1) is 0 Å². The summed E-state index contributed by atoms with van der Waals surface area (Å²) in [6, 6.07) is -1.18. The van der Waals surface area contributed by atoms with E-state index in [9.17, 15) is 29.3 Å². The van der Waals surface area contributed by atoms with E-state index in [1.807, 2.05) is 0 Å². The minimum absolute atomic E-state index is 0.0115. The fourth-order valence-corrected chi connectivity index (χ4v) is 3.85. The molecule has 0 spiro atoms. The number of carboxylic acids is 1.